The molecule has 1 saturated heterocycles. The molecule has 0 aliphatic carbocycles. The van der Waals surface area contributed by atoms with Gasteiger partial charge in [0, 0.05) is 5.39 Å². The van der Waals surface area contributed by atoms with Crippen LogP contribution in [0.15, 0.2) is 59.0 Å². The minimum atomic E-state index is -1.39. The zero-order valence-electron chi connectivity index (χ0n) is 17.3. The molecule has 2 atom stereocenters. The number of hydrogen-bond acceptors (Lipinski definition) is 6. The van der Waals surface area contributed by atoms with Gasteiger partial charge in [-0.3, -0.25) is 14.5 Å². The van der Waals surface area contributed by atoms with Crippen molar-refractivity contribution < 1.29 is 28.3 Å². The average Bonchev–Trinajstić information content (AvgIpc) is 3.33. The number of nitrogens with one attached hydrogen (secondary N) is 2. The molecular formula is C23H21N3O6. The van der Waals surface area contributed by atoms with Crippen molar-refractivity contribution >= 4 is 28.8 Å². The fraction of sp³-hybridized carbons (Fsp3) is 0.261. The van der Waals surface area contributed by atoms with E-state index in [1.54, 1.807) is 31.2 Å². The summed E-state index contributed by atoms with van der Waals surface area (Å²) in [5.74, 6) is 0.534. The van der Waals surface area contributed by atoms with E-state index >= 15 is 0 Å². The fourth-order valence-electron chi connectivity index (χ4n) is 3.83. The highest BCUT2D eigenvalue weighted by molar-refractivity contribution is 6.09. The summed E-state index contributed by atoms with van der Waals surface area (Å²) in [5, 5.41) is 6.16. The number of urea groups is 1. The number of ether oxygens (including phenoxy) is 2. The molecule has 4 amide bonds. The predicted molar refractivity (Wildman–Crippen MR) is 113 cm³/mol. The van der Waals surface area contributed by atoms with Gasteiger partial charge in [-0.2, -0.15) is 0 Å². The summed E-state index contributed by atoms with van der Waals surface area (Å²) in [5.41, 5.74) is -0.779. The monoisotopic (exact) mass is 435 g/mol. The molecule has 2 aliphatic rings. The number of fused-ring (bicyclic) bond motifs is 2. The third kappa shape index (κ3) is 3.41. The van der Waals surface area contributed by atoms with Crippen molar-refractivity contribution in [2.24, 2.45) is 0 Å². The highest BCUT2D eigenvalue weighted by atomic mass is 16.6. The van der Waals surface area contributed by atoms with Crippen LogP contribution in [0, 0.1) is 0 Å². The van der Waals surface area contributed by atoms with Gasteiger partial charge in [0.25, 0.3) is 5.91 Å². The molecule has 0 unspecified atom stereocenters. The minimum Gasteiger partial charge on any atom is -0.486 e. The topological polar surface area (TPSA) is 110 Å². The quantitative estimate of drug-likeness (QED) is 0.595. The molecule has 0 spiro atoms. The number of carbonyl (C=O) groups excluding carboxylic acids is 3. The van der Waals surface area contributed by atoms with Gasteiger partial charge >= 0.3 is 6.03 Å². The van der Waals surface area contributed by atoms with E-state index in [0.29, 0.717) is 22.8 Å². The smallest absolute Gasteiger partial charge is 0.325 e. The number of para-hydroxylation sites is 3. The van der Waals surface area contributed by atoms with Gasteiger partial charge in [0.1, 0.15) is 30.6 Å². The van der Waals surface area contributed by atoms with Crippen molar-refractivity contribution in [3.8, 4) is 11.5 Å². The molecule has 5 rings (SSSR count). The summed E-state index contributed by atoms with van der Waals surface area (Å²) in [7, 11) is 0. The van der Waals surface area contributed by atoms with Crippen LogP contribution < -0.4 is 20.1 Å². The lowest BCUT2D eigenvalue weighted by Gasteiger charge is -2.26. The molecule has 3 aromatic rings. The Kier molecular flexibility index (Phi) is 4.73. The van der Waals surface area contributed by atoms with Crippen LogP contribution in [0.1, 0.15) is 12.7 Å². The van der Waals surface area contributed by atoms with Crippen LogP contribution in [0.3, 0.4) is 0 Å². The third-order valence-corrected chi connectivity index (χ3v) is 5.59. The van der Waals surface area contributed by atoms with Gasteiger partial charge in [-0.15, -0.1) is 0 Å². The Labute approximate surface area is 183 Å². The fourth-order valence-corrected chi connectivity index (χ4v) is 3.83. The van der Waals surface area contributed by atoms with Crippen molar-refractivity contribution in [2.45, 2.75) is 18.6 Å². The van der Waals surface area contributed by atoms with Crippen molar-refractivity contribution in [3.05, 3.63) is 60.4 Å². The number of hydrogen-bond donors (Lipinski definition) is 2. The lowest BCUT2D eigenvalue weighted by molar-refractivity contribution is -0.135. The van der Waals surface area contributed by atoms with Crippen molar-refractivity contribution in [3.63, 3.8) is 0 Å². The Morgan fingerprint density at radius 3 is 2.72 bits per heavy atom. The Hall–Kier alpha value is -4.01. The molecule has 9 heteroatoms. The van der Waals surface area contributed by atoms with Crippen LogP contribution in [0.4, 0.5) is 4.79 Å². The molecule has 0 saturated carbocycles. The minimum absolute atomic E-state index is 0.178. The van der Waals surface area contributed by atoms with Gasteiger partial charge in [-0.25, -0.2) is 4.79 Å². The van der Waals surface area contributed by atoms with Crippen LogP contribution in [-0.4, -0.2) is 48.5 Å². The van der Waals surface area contributed by atoms with E-state index in [1.807, 2.05) is 30.3 Å². The third-order valence-electron chi connectivity index (χ3n) is 5.59. The lowest BCUT2D eigenvalue weighted by atomic mass is 9.99. The highest BCUT2D eigenvalue weighted by Crippen LogP contribution is 2.33. The molecule has 2 aliphatic heterocycles. The Morgan fingerprint density at radius 1 is 1.16 bits per heavy atom. The molecule has 2 N–H and O–H groups in total. The van der Waals surface area contributed by atoms with Gasteiger partial charge in [-0.1, -0.05) is 30.3 Å². The van der Waals surface area contributed by atoms with Crippen LogP contribution in [-0.2, 0) is 15.1 Å². The molecule has 1 aromatic heterocycles. The van der Waals surface area contributed by atoms with Crippen LogP contribution in [0.5, 0.6) is 11.5 Å². The highest BCUT2D eigenvalue weighted by Gasteiger charge is 2.51. The number of amides is 4. The molecular weight excluding hydrogens is 414 g/mol. The molecule has 9 nitrogen and oxygen atoms in total. The first-order chi connectivity index (χ1) is 15.4. The first-order valence-electron chi connectivity index (χ1n) is 10.2. The average molecular weight is 435 g/mol. The molecule has 0 bridgehead atoms. The zero-order valence-corrected chi connectivity index (χ0v) is 17.3. The maximum atomic E-state index is 13.1. The number of furan rings is 1. The normalized spacial score (nSPS) is 22.2. The number of nitrogens with zero attached hydrogens (tertiary/aromatic N) is 1. The van der Waals surface area contributed by atoms with Crippen molar-refractivity contribution in [1.82, 2.24) is 15.5 Å². The first-order valence-corrected chi connectivity index (χ1v) is 10.2. The van der Waals surface area contributed by atoms with Crippen LogP contribution >= 0.6 is 0 Å². The molecule has 164 valence electrons. The maximum absolute atomic E-state index is 13.1. The Balaban J connectivity index is 1.22. The second kappa shape index (κ2) is 7.60. The Bertz CT molecular complexity index is 1190. The first kappa shape index (κ1) is 19.9. The van der Waals surface area contributed by atoms with Crippen LogP contribution in [0.2, 0.25) is 0 Å². The van der Waals surface area contributed by atoms with E-state index in [9.17, 15) is 14.4 Å². The number of benzene rings is 2. The Morgan fingerprint density at radius 2 is 1.91 bits per heavy atom. The largest absolute Gasteiger partial charge is 0.486 e. The standard InChI is InChI=1S/C23H21N3O6/c1-23(19-10-14-6-2-3-7-16(14)32-19)21(28)26(22(29)25-23)12-20(27)24-11-15-13-30-17-8-4-5-9-18(17)31-15/h2-10,15H,11-13H2,1H3,(H,24,27)(H,25,29)/t15-,23-/m0/s1. The SMILES string of the molecule is C[C@@]1(c2cc3ccccc3o2)NC(=O)N(CC(=O)NC[C@H]2COc3ccccc3O2)C1=O. The van der Waals surface area contributed by atoms with E-state index in [1.165, 1.54) is 0 Å². The van der Waals surface area contributed by atoms with Crippen molar-refractivity contribution in [1.29, 1.82) is 0 Å². The van der Waals surface area contributed by atoms with Gasteiger partial charge < -0.3 is 24.5 Å². The second-order valence-corrected chi connectivity index (χ2v) is 7.90. The van der Waals surface area contributed by atoms with Crippen LogP contribution in [0.25, 0.3) is 11.0 Å². The molecule has 32 heavy (non-hydrogen) atoms. The van der Waals surface area contributed by atoms with Crippen molar-refractivity contribution in [2.75, 3.05) is 19.7 Å². The van der Waals surface area contributed by atoms with E-state index in [0.717, 1.165) is 10.3 Å². The number of carbonyl (C=O) groups is 3. The lowest BCUT2D eigenvalue weighted by Crippen LogP contribution is -2.46. The van der Waals surface area contributed by atoms with Gasteiger partial charge in [0.15, 0.2) is 17.0 Å². The predicted octanol–water partition coefficient (Wildman–Crippen LogP) is 2.16. The van der Waals surface area contributed by atoms with Gasteiger partial charge in [0.05, 0.1) is 6.54 Å². The summed E-state index contributed by atoms with van der Waals surface area (Å²) in [6.07, 6.45) is -0.377. The van der Waals surface area contributed by atoms with Gasteiger partial charge in [-0.05, 0) is 31.2 Å². The molecule has 3 heterocycles. The number of rotatable bonds is 5. The number of imide groups is 1. The summed E-state index contributed by atoms with van der Waals surface area (Å²) in [4.78, 5) is 38.9. The van der Waals surface area contributed by atoms with E-state index in [4.69, 9.17) is 13.9 Å². The zero-order chi connectivity index (χ0) is 22.3. The van der Waals surface area contributed by atoms with E-state index in [2.05, 4.69) is 10.6 Å². The summed E-state index contributed by atoms with van der Waals surface area (Å²) in [6.45, 7) is 1.61. The molecule has 0 radical (unpaired) electrons. The second-order valence-electron chi connectivity index (χ2n) is 7.90. The van der Waals surface area contributed by atoms with E-state index < -0.39 is 29.9 Å². The maximum Gasteiger partial charge on any atom is 0.325 e. The van der Waals surface area contributed by atoms with E-state index in [-0.39, 0.29) is 19.3 Å². The van der Waals surface area contributed by atoms with Gasteiger partial charge in [0.2, 0.25) is 5.91 Å². The summed E-state index contributed by atoms with van der Waals surface area (Å²) < 4.78 is 17.2. The molecule has 1 fully saturated rings. The molecule has 2 aromatic carbocycles. The summed E-state index contributed by atoms with van der Waals surface area (Å²) >= 11 is 0. The summed E-state index contributed by atoms with van der Waals surface area (Å²) in [6, 6.07) is 15.7.